The molecular weight excluding hydrogens is 206 g/mol. The van der Waals surface area contributed by atoms with Crippen LogP contribution in [-0.4, -0.2) is 35.0 Å². The number of hydrogen-bond donors (Lipinski definition) is 0. The molecule has 0 spiro atoms. The van der Waals surface area contributed by atoms with Gasteiger partial charge < -0.3 is 9.64 Å². The van der Waals surface area contributed by atoms with E-state index >= 15 is 0 Å². The Morgan fingerprint density at radius 2 is 1.94 bits per heavy atom. The van der Waals surface area contributed by atoms with Crippen molar-refractivity contribution in [2.75, 3.05) is 6.54 Å². The molecule has 4 nitrogen and oxygen atoms in total. The van der Waals surface area contributed by atoms with E-state index in [0.29, 0.717) is 12.5 Å². The fourth-order valence-electron chi connectivity index (χ4n) is 2.75. The van der Waals surface area contributed by atoms with Crippen molar-refractivity contribution in [2.24, 2.45) is 11.8 Å². The lowest BCUT2D eigenvalue weighted by Crippen LogP contribution is -2.45. The third-order valence-corrected chi connectivity index (χ3v) is 3.40. The van der Waals surface area contributed by atoms with E-state index in [1.54, 1.807) is 11.8 Å². The molecule has 0 unspecified atom stereocenters. The molecule has 3 atom stereocenters. The topological polar surface area (TPSA) is 46.6 Å². The van der Waals surface area contributed by atoms with E-state index in [9.17, 15) is 9.59 Å². The lowest BCUT2D eigenvalue weighted by molar-refractivity contribution is -0.125. The highest BCUT2D eigenvalue weighted by Crippen LogP contribution is 2.47. The number of carbonyl (C=O) groups is 2. The van der Waals surface area contributed by atoms with Gasteiger partial charge in [0.15, 0.2) is 0 Å². The van der Waals surface area contributed by atoms with Gasteiger partial charge in [-0.2, -0.15) is 0 Å². The molecule has 1 aliphatic carbocycles. The van der Waals surface area contributed by atoms with Crippen molar-refractivity contribution >= 4 is 11.9 Å². The molecule has 0 aromatic rings. The zero-order valence-corrected chi connectivity index (χ0v) is 10.3. The van der Waals surface area contributed by atoms with Crippen LogP contribution in [0.4, 0.5) is 4.79 Å². The van der Waals surface area contributed by atoms with Crippen molar-refractivity contribution in [1.82, 2.24) is 4.90 Å². The maximum Gasteiger partial charge on any atom is 0.410 e. The molecule has 2 saturated heterocycles. The highest BCUT2D eigenvalue weighted by molar-refractivity contribution is 5.83. The summed E-state index contributed by atoms with van der Waals surface area (Å²) >= 11 is 0. The van der Waals surface area contributed by atoms with Crippen LogP contribution >= 0.6 is 0 Å². The van der Waals surface area contributed by atoms with Crippen molar-refractivity contribution in [3.63, 3.8) is 0 Å². The van der Waals surface area contributed by atoms with E-state index in [1.807, 2.05) is 20.8 Å². The average Bonchev–Trinajstić information content (AvgIpc) is 2.53. The number of rotatable bonds is 1. The zero-order chi connectivity index (χ0) is 12.1. The molecule has 2 bridgehead atoms. The molecule has 0 aromatic heterocycles. The Labute approximate surface area is 95.9 Å². The van der Waals surface area contributed by atoms with E-state index in [-0.39, 0.29) is 23.8 Å². The number of carbonyl (C=O) groups excluding carboxylic acids is 2. The van der Waals surface area contributed by atoms with Gasteiger partial charge in [0.05, 0.1) is 0 Å². The van der Waals surface area contributed by atoms with Gasteiger partial charge in [-0.15, -0.1) is 0 Å². The van der Waals surface area contributed by atoms with Gasteiger partial charge in [-0.25, -0.2) is 4.79 Å². The molecule has 16 heavy (non-hydrogen) atoms. The molecule has 3 fully saturated rings. The van der Waals surface area contributed by atoms with Crippen LogP contribution in [0.5, 0.6) is 0 Å². The molecule has 0 aromatic carbocycles. The number of Topliss-reactive ketones (excluding diaryl/α,β-unsaturated/α-hetero) is 1. The second kappa shape index (κ2) is 3.47. The van der Waals surface area contributed by atoms with E-state index in [1.165, 1.54) is 0 Å². The number of fused-ring (bicyclic) bond motifs is 1. The van der Waals surface area contributed by atoms with Crippen molar-refractivity contribution < 1.29 is 14.3 Å². The molecule has 0 radical (unpaired) electrons. The summed E-state index contributed by atoms with van der Waals surface area (Å²) in [5.74, 6) is 0.634. The Kier molecular flexibility index (Phi) is 2.48. The molecule has 90 valence electrons. The first kappa shape index (κ1) is 11.4. The summed E-state index contributed by atoms with van der Waals surface area (Å²) in [7, 11) is 0. The SMILES string of the molecule is CC(=O)[C@@H]1[C@H]2C[C@H]1N(C(=O)OC(C)(C)C)C2. The number of nitrogens with zero attached hydrogens (tertiary/aromatic N) is 1. The van der Waals surface area contributed by atoms with E-state index in [0.717, 1.165) is 6.42 Å². The van der Waals surface area contributed by atoms with Crippen LogP contribution in [0.2, 0.25) is 0 Å². The molecule has 0 N–H and O–H groups in total. The van der Waals surface area contributed by atoms with Gasteiger partial charge in [0.1, 0.15) is 11.4 Å². The minimum Gasteiger partial charge on any atom is -0.444 e. The van der Waals surface area contributed by atoms with Gasteiger partial charge in [-0.05, 0) is 40.0 Å². The van der Waals surface area contributed by atoms with Gasteiger partial charge in [-0.3, -0.25) is 4.79 Å². The Morgan fingerprint density at radius 1 is 1.31 bits per heavy atom. The summed E-state index contributed by atoms with van der Waals surface area (Å²) in [5, 5.41) is 0. The first-order chi connectivity index (χ1) is 7.29. The Bertz CT molecular complexity index is 332. The van der Waals surface area contributed by atoms with Gasteiger partial charge >= 0.3 is 6.09 Å². The maximum absolute atomic E-state index is 11.9. The number of ketones is 1. The number of amides is 1. The minimum atomic E-state index is -0.463. The molecule has 1 saturated carbocycles. The fourth-order valence-corrected chi connectivity index (χ4v) is 2.75. The Morgan fingerprint density at radius 3 is 2.38 bits per heavy atom. The van der Waals surface area contributed by atoms with Crippen molar-refractivity contribution in [2.45, 2.75) is 45.8 Å². The van der Waals surface area contributed by atoms with E-state index in [4.69, 9.17) is 4.74 Å². The van der Waals surface area contributed by atoms with Gasteiger partial charge in [0.25, 0.3) is 0 Å². The van der Waals surface area contributed by atoms with Crippen LogP contribution < -0.4 is 0 Å². The first-order valence-electron chi connectivity index (χ1n) is 5.79. The van der Waals surface area contributed by atoms with E-state index < -0.39 is 5.60 Å². The highest BCUT2D eigenvalue weighted by Gasteiger charge is 2.56. The lowest BCUT2D eigenvalue weighted by atomic mass is 9.72. The summed E-state index contributed by atoms with van der Waals surface area (Å²) in [6.45, 7) is 7.86. The maximum atomic E-state index is 11.9. The number of ether oxygens (including phenoxy) is 1. The van der Waals surface area contributed by atoms with Crippen LogP contribution in [0.1, 0.15) is 34.1 Å². The van der Waals surface area contributed by atoms with Crippen molar-refractivity contribution in [1.29, 1.82) is 0 Å². The molecule has 4 heteroatoms. The third-order valence-electron chi connectivity index (χ3n) is 3.40. The van der Waals surface area contributed by atoms with Gasteiger partial charge in [0, 0.05) is 18.5 Å². The fraction of sp³-hybridized carbons (Fsp3) is 0.833. The molecule has 2 aliphatic heterocycles. The highest BCUT2D eigenvalue weighted by atomic mass is 16.6. The lowest BCUT2D eigenvalue weighted by Gasteiger charge is -2.34. The molecule has 3 rings (SSSR count). The van der Waals surface area contributed by atoms with Crippen molar-refractivity contribution in [3.8, 4) is 0 Å². The second-order valence-electron chi connectivity index (χ2n) is 5.83. The third kappa shape index (κ3) is 1.81. The van der Waals surface area contributed by atoms with Gasteiger partial charge in [-0.1, -0.05) is 0 Å². The van der Waals surface area contributed by atoms with Crippen molar-refractivity contribution in [3.05, 3.63) is 0 Å². The first-order valence-corrected chi connectivity index (χ1v) is 5.79. The standard InChI is InChI=1S/C12H19NO3/c1-7(14)10-8-5-9(10)13(6-8)11(15)16-12(2,3)4/h8-10H,5-6H2,1-4H3/t8-,9+,10+/m0/s1. The second-order valence-corrected chi connectivity index (χ2v) is 5.83. The predicted octanol–water partition coefficient (Wildman–Crippen LogP) is 1.83. The summed E-state index contributed by atoms with van der Waals surface area (Å²) in [4.78, 5) is 24.9. The normalized spacial score (nSPS) is 32.2. The smallest absolute Gasteiger partial charge is 0.410 e. The van der Waals surface area contributed by atoms with Gasteiger partial charge in [0.2, 0.25) is 0 Å². The minimum absolute atomic E-state index is 0.0625. The Hall–Kier alpha value is -1.06. The average molecular weight is 225 g/mol. The summed E-state index contributed by atoms with van der Waals surface area (Å²) in [6, 6.07) is 0.0948. The molecule has 3 aliphatic rings. The molecule has 2 heterocycles. The summed E-state index contributed by atoms with van der Waals surface area (Å²) in [6.07, 6.45) is 0.687. The molecule has 1 amide bonds. The largest absolute Gasteiger partial charge is 0.444 e. The molecular formula is C12H19NO3. The zero-order valence-electron chi connectivity index (χ0n) is 10.3. The van der Waals surface area contributed by atoms with Crippen LogP contribution in [0.25, 0.3) is 0 Å². The quantitative estimate of drug-likeness (QED) is 0.684. The number of hydrogen-bond acceptors (Lipinski definition) is 3. The predicted molar refractivity (Wildman–Crippen MR) is 59.0 cm³/mol. The van der Waals surface area contributed by atoms with Crippen LogP contribution in [0.15, 0.2) is 0 Å². The Balaban J connectivity index is 1.99. The van der Waals surface area contributed by atoms with Crippen LogP contribution in [0, 0.1) is 11.8 Å². The van der Waals surface area contributed by atoms with Crippen LogP contribution in [-0.2, 0) is 9.53 Å². The monoisotopic (exact) mass is 225 g/mol. The van der Waals surface area contributed by atoms with Crippen LogP contribution in [0.3, 0.4) is 0 Å². The summed E-state index contributed by atoms with van der Waals surface area (Å²) < 4.78 is 5.32. The summed E-state index contributed by atoms with van der Waals surface area (Å²) in [5.41, 5.74) is -0.463. The van der Waals surface area contributed by atoms with E-state index in [2.05, 4.69) is 0 Å².